The lowest BCUT2D eigenvalue weighted by Crippen LogP contribution is -2.59. The molecule has 1 amide bonds. The summed E-state index contributed by atoms with van der Waals surface area (Å²) in [6.45, 7) is 0. The quantitative estimate of drug-likeness (QED) is 0.198. The van der Waals surface area contributed by atoms with E-state index in [9.17, 15) is 0 Å². The molecule has 8 nitrogen and oxygen atoms in total. The first-order valence-electron chi connectivity index (χ1n) is 1.41. The molecule has 56 valence electrons. The van der Waals surface area contributed by atoms with Crippen molar-refractivity contribution in [2.24, 2.45) is 5.84 Å². The van der Waals surface area contributed by atoms with E-state index in [1.165, 1.54) is 0 Å². The molecule has 0 aromatic carbocycles. The van der Waals surface area contributed by atoms with Crippen molar-refractivity contribution in [1.29, 1.82) is 0 Å². The Kier molecular flexibility index (Phi) is 17.2. The minimum Gasteiger partial charge on any atom is -0.486 e. The summed E-state index contributed by atoms with van der Waals surface area (Å²) < 4.78 is 0. The fraction of sp³-hybridized carbons (Fsp3) is 0. The number of carboxylic acid groups (broad SMARTS) is 1. The molecule has 0 fully saturated rings. The number of amides is 1. The minimum atomic E-state index is -2.27. The highest BCUT2D eigenvalue weighted by molar-refractivity contribution is 5.51. The number of hydrogen-bond acceptors (Lipinski definition) is 5. The number of nitrogens with zero attached hydrogens (tertiary/aromatic N) is 1. The van der Waals surface area contributed by atoms with Gasteiger partial charge in [-0.1, -0.05) is 0 Å². The first-order valence-corrected chi connectivity index (χ1v) is 1.41. The summed E-state index contributed by atoms with van der Waals surface area (Å²) in [5.41, 5.74) is 0. The first kappa shape index (κ1) is 15.7. The zero-order valence-corrected chi connectivity index (χ0v) is 4.36. The van der Waals surface area contributed by atoms with Gasteiger partial charge in [-0.3, -0.25) is 16.0 Å². The van der Waals surface area contributed by atoms with Crippen LogP contribution in [0.4, 0.5) is 4.79 Å². The van der Waals surface area contributed by atoms with E-state index in [0.717, 1.165) is 0 Å². The smallest absolute Gasteiger partial charge is 0.401 e. The molecule has 0 radical (unpaired) electrons. The van der Waals surface area contributed by atoms with Gasteiger partial charge in [0.25, 0.3) is 0 Å². The fourth-order valence-electron chi connectivity index (χ4n) is 0. The molecule has 0 bridgehead atoms. The van der Waals surface area contributed by atoms with Crippen molar-refractivity contribution in [3.05, 3.63) is 10.1 Å². The molecule has 8 heteroatoms. The van der Waals surface area contributed by atoms with Crippen LogP contribution in [0, 0.1) is 10.1 Å². The Hall–Kier alpha value is -1.25. The van der Waals surface area contributed by atoms with Crippen LogP contribution in [-0.2, 0) is 0 Å². The first-order chi connectivity index (χ1) is 3.64. The molecular formula is CH7N3O5. The summed E-state index contributed by atoms with van der Waals surface area (Å²) in [6.07, 6.45) is -2.27. The molecule has 9 heavy (non-hydrogen) atoms. The molecule has 0 heterocycles. The fourth-order valence-corrected chi connectivity index (χ4v) is 0. The molecule has 0 aromatic rings. The zero-order valence-electron chi connectivity index (χ0n) is 4.36. The summed E-state index contributed by atoms with van der Waals surface area (Å²) in [6, 6.07) is 0. The van der Waals surface area contributed by atoms with Crippen LogP contribution in [0.5, 0.6) is 0 Å². The second kappa shape index (κ2) is 9.89. The van der Waals surface area contributed by atoms with Crippen molar-refractivity contribution >= 4 is 6.09 Å². The number of carbonyl (C=O) groups excluding carboxylic acids is 1. The predicted octanol–water partition coefficient (Wildman–Crippen LogP) is -4.12. The van der Waals surface area contributed by atoms with Crippen LogP contribution in [0.3, 0.4) is 0 Å². The predicted molar refractivity (Wildman–Crippen MR) is 23.1 cm³/mol. The van der Waals surface area contributed by atoms with Crippen LogP contribution in [-0.4, -0.2) is 16.5 Å². The van der Waals surface area contributed by atoms with Gasteiger partial charge in [0.15, 0.2) is 0 Å². The number of hydrogen-bond donors (Lipinski definition) is 2. The average molecular weight is 141 g/mol. The van der Waals surface area contributed by atoms with E-state index in [4.69, 9.17) is 20.0 Å². The van der Waals surface area contributed by atoms with E-state index in [-0.39, 0.29) is 5.48 Å². The van der Waals surface area contributed by atoms with E-state index in [1.54, 1.807) is 0 Å². The molecule has 0 atom stereocenters. The van der Waals surface area contributed by atoms with Crippen molar-refractivity contribution in [2.75, 3.05) is 0 Å². The second-order valence-electron chi connectivity index (χ2n) is 0.523. The van der Waals surface area contributed by atoms with Gasteiger partial charge >= 0.3 is 6.09 Å². The molecule has 0 aliphatic heterocycles. The monoisotopic (exact) mass is 141 g/mol. The summed E-state index contributed by atoms with van der Waals surface area (Å²) in [5, 5.41) is 17.7. The lowest BCUT2D eigenvalue weighted by Gasteiger charge is -1.81. The Labute approximate surface area is 49.5 Å². The highest BCUT2D eigenvalue weighted by atomic mass is 16.7. The van der Waals surface area contributed by atoms with Crippen molar-refractivity contribution < 1.29 is 26.1 Å². The molecule has 0 saturated carbocycles. The molecule has 0 unspecified atom stereocenters. The van der Waals surface area contributed by atoms with Gasteiger partial charge in [-0.2, -0.15) is 5.84 Å². The van der Waals surface area contributed by atoms with Gasteiger partial charge in [0.2, 0.25) is 0 Å². The normalized spacial score (nSPS) is 5.56. The number of nitro groups is 1. The van der Waals surface area contributed by atoms with E-state index >= 15 is 0 Å². The molecule has 0 aliphatic rings. The van der Waals surface area contributed by atoms with Gasteiger partial charge < -0.3 is 15.4 Å². The zero-order chi connectivity index (χ0) is 7.15. The maximum atomic E-state index is 8.89. The van der Waals surface area contributed by atoms with Crippen LogP contribution >= 0.6 is 0 Å². The van der Waals surface area contributed by atoms with Gasteiger partial charge in [-0.05, 0) is 0 Å². The Morgan fingerprint density at radius 1 is 1.56 bits per heavy atom. The van der Waals surface area contributed by atoms with Crippen LogP contribution in [0.2, 0.25) is 0 Å². The average Bonchev–Trinajstić information content (AvgIpc) is 1.72. The van der Waals surface area contributed by atoms with Crippen molar-refractivity contribution in [3.63, 3.8) is 0 Å². The molecular weight excluding hydrogens is 134 g/mol. The Balaban J connectivity index is -0.000000109. The summed E-state index contributed by atoms with van der Waals surface area (Å²) >= 11 is 0. The van der Waals surface area contributed by atoms with Crippen molar-refractivity contribution in [3.8, 4) is 0 Å². The third kappa shape index (κ3) is 20.1. The molecule has 7 N–H and O–H groups in total. The van der Waals surface area contributed by atoms with Crippen molar-refractivity contribution in [1.82, 2.24) is 0 Å². The summed E-state index contributed by atoms with van der Waals surface area (Å²) in [5.74, 6) is 7.00. The molecule has 0 aromatic heterocycles. The second-order valence-corrected chi connectivity index (χ2v) is 0.523. The van der Waals surface area contributed by atoms with Gasteiger partial charge in [0.1, 0.15) is 0 Å². The van der Waals surface area contributed by atoms with E-state index in [1.807, 2.05) is 0 Å². The van der Waals surface area contributed by atoms with E-state index in [2.05, 4.69) is 11.7 Å². The Morgan fingerprint density at radius 3 is 1.67 bits per heavy atom. The highest BCUT2D eigenvalue weighted by Crippen LogP contribution is 1.58. The number of carbonyl (C=O) groups is 1. The molecule has 0 rings (SSSR count). The standard InChI is InChI=1S/CHNO4.H4N2.H2O/c3-1(4)2(5)6;1-2;/h(H,3,4);1-2H2;1H2. The largest absolute Gasteiger partial charge is 0.486 e. The summed E-state index contributed by atoms with van der Waals surface area (Å²) in [7, 11) is 0. The third-order valence-electron chi connectivity index (χ3n) is 0.149. The third-order valence-corrected chi connectivity index (χ3v) is 0.149. The minimum absolute atomic E-state index is 0. The Bertz CT molecular complexity index is 78.2. The van der Waals surface area contributed by atoms with Crippen molar-refractivity contribution in [2.45, 2.75) is 0 Å². The molecule has 0 saturated heterocycles. The van der Waals surface area contributed by atoms with Gasteiger partial charge in [-0.25, -0.2) is 0 Å². The highest BCUT2D eigenvalue weighted by Gasteiger charge is 1.91. The maximum absolute atomic E-state index is 8.89. The van der Waals surface area contributed by atoms with E-state index in [0.29, 0.717) is 0 Å². The van der Waals surface area contributed by atoms with Crippen LogP contribution < -0.4 is 16.8 Å². The lowest BCUT2D eigenvalue weighted by atomic mass is 11.3. The van der Waals surface area contributed by atoms with Gasteiger partial charge in [-0.15, -0.1) is 0 Å². The number of nitrogens with two attached hydrogens (primary N) is 1. The van der Waals surface area contributed by atoms with Gasteiger partial charge in [0.05, 0.1) is 4.92 Å². The van der Waals surface area contributed by atoms with E-state index < -0.39 is 11.0 Å². The Morgan fingerprint density at radius 2 is 1.67 bits per heavy atom. The topological polar surface area (TPSA) is 168 Å². The number of quaternary nitrogens is 1. The van der Waals surface area contributed by atoms with Crippen LogP contribution in [0.25, 0.3) is 0 Å². The van der Waals surface area contributed by atoms with Crippen LogP contribution in [0.1, 0.15) is 0 Å². The maximum Gasteiger partial charge on any atom is 0.401 e. The SMILES string of the molecule is N[NH3+].O.O=C([O-])[N+](=O)[O-]. The van der Waals surface area contributed by atoms with Crippen LogP contribution in [0.15, 0.2) is 0 Å². The molecule has 0 spiro atoms. The summed E-state index contributed by atoms with van der Waals surface area (Å²) in [4.78, 5) is 16.2. The van der Waals surface area contributed by atoms with Gasteiger partial charge in [0, 0.05) is 0 Å². The molecule has 0 aliphatic carbocycles. The lowest BCUT2D eigenvalue weighted by molar-refractivity contribution is -0.481. The number of rotatable bonds is 0.